The molecule has 0 aromatic heterocycles. The minimum Gasteiger partial charge on any atom is -0.455 e. The lowest BCUT2D eigenvalue weighted by Crippen LogP contribution is -2.62. The SMILES string of the molecule is CC[C@H](C)C(=O)O[C@H]1[C@@H](O)[C@@H](C)O[C@@H](OC(C)(C)C2CC=C(C)CC2)[C@@H]1OC(C)=O. The van der Waals surface area contributed by atoms with Gasteiger partial charge in [0.1, 0.15) is 6.10 Å². The molecule has 2 aliphatic rings. The zero-order chi connectivity index (χ0) is 22.6. The highest BCUT2D eigenvalue weighted by Crippen LogP contribution is 2.37. The van der Waals surface area contributed by atoms with Crippen molar-refractivity contribution >= 4 is 11.9 Å². The fraction of sp³-hybridized carbons (Fsp3) is 0.826. The zero-order valence-electron chi connectivity index (χ0n) is 19.3. The van der Waals surface area contributed by atoms with Crippen molar-refractivity contribution in [3.05, 3.63) is 11.6 Å². The molecule has 2 rings (SSSR count). The van der Waals surface area contributed by atoms with Gasteiger partial charge in [-0.1, -0.05) is 25.5 Å². The third-order valence-electron chi connectivity index (χ3n) is 6.37. The third kappa shape index (κ3) is 6.05. The number of rotatable bonds is 7. The molecule has 172 valence electrons. The molecule has 0 amide bonds. The molecule has 7 nitrogen and oxygen atoms in total. The maximum absolute atomic E-state index is 12.4. The smallest absolute Gasteiger partial charge is 0.309 e. The van der Waals surface area contributed by atoms with Gasteiger partial charge in [0.25, 0.3) is 0 Å². The monoisotopic (exact) mass is 426 g/mol. The van der Waals surface area contributed by atoms with Gasteiger partial charge >= 0.3 is 11.9 Å². The van der Waals surface area contributed by atoms with Crippen molar-refractivity contribution in [3.63, 3.8) is 0 Å². The Morgan fingerprint density at radius 3 is 2.50 bits per heavy atom. The number of ether oxygens (including phenoxy) is 4. The van der Waals surface area contributed by atoms with Gasteiger partial charge in [-0.15, -0.1) is 0 Å². The van der Waals surface area contributed by atoms with Gasteiger partial charge in [0.2, 0.25) is 0 Å². The molecule has 1 N–H and O–H groups in total. The van der Waals surface area contributed by atoms with E-state index < -0.39 is 48.2 Å². The summed E-state index contributed by atoms with van der Waals surface area (Å²) in [6, 6.07) is 0. The molecule has 0 radical (unpaired) electrons. The summed E-state index contributed by atoms with van der Waals surface area (Å²) in [7, 11) is 0. The molecule has 30 heavy (non-hydrogen) atoms. The van der Waals surface area contributed by atoms with Crippen LogP contribution in [0.3, 0.4) is 0 Å². The van der Waals surface area contributed by atoms with Crippen molar-refractivity contribution in [1.29, 1.82) is 0 Å². The van der Waals surface area contributed by atoms with E-state index in [2.05, 4.69) is 13.0 Å². The Kier molecular flexibility index (Phi) is 8.48. The summed E-state index contributed by atoms with van der Waals surface area (Å²) < 4.78 is 23.3. The molecule has 1 saturated heterocycles. The Morgan fingerprint density at radius 1 is 1.30 bits per heavy atom. The van der Waals surface area contributed by atoms with Gasteiger partial charge in [0, 0.05) is 6.92 Å². The first-order valence-electron chi connectivity index (χ1n) is 11.0. The van der Waals surface area contributed by atoms with Gasteiger partial charge in [-0.3, -0.25) is 9.59 Å². The fourth-order valence-electron chi connectivity index (χ4n) is 3.94. The molecule has 0 aromatic carbocycles. The van der Waals surface area contributed by atoms with Crippen molar-refractivity contribution in [2.45, 2.75) is 110 Å². The second-order valence-electron chi connectivity index (χ2n) is 9.23. The molecule has 0 saturated carbocycles. The van der Waals surface area contributed by atoms with Crippen molar-refractivity contribution in [3.8, 4) is 0 Å². The second-order valence-corrected chi connectivity index (χ2v) is 9.23. The van der Waals surface area contributed by atoms with Gasteiger partial charge in [0.15, 0.2) is 18.5 Å². The molecule has 7 atom stereocenters. The molecule has 0 spiro atoms. The minimum atomic E-state index is -1.13. The molecule has 1 aliphatic heterocycles. The lowest BCUT2D eigenvalue weighted by atomic mass is 9.79. The second kappa shape index (κ2) is 10.2. The summed E-state index contributed by atoms with van der Waals surface area (Å²) in [5, 5.41) is 10.7. The van der Waals surface area contributed by atoms with Crippen LogP contribution in [-0.4, -0.2) is 53.4 Å². The van der Waals surface area contributed by atoms with E-state index in [4.69, 9.17) is 18.9 Å². The molecule has 0 bridgehead atoms. The minimum absolute atomic E-state index is 0.269. The van der Waals surface area contributed by atoms with E-state index >= 15 is 0 Å². The van der Waals surface area contributed by atoms with Crippen LogP contribution in [0.25, 0.3) is 0 Å². The van der Waals surface area contributed by atoms with E-state index in [9.17, 15) is 14.7 Å². The third-order valence-corrected chi connectivity index (χ3v) is 6.37. The van der Waals surface area contributed by atoms with E-state index in [1.807, 2.05) is 20.8 Å². The molecule has 1 fully saturated rings. The van der Waals surface area contributed by atoms with E-state index in [0.717, 1.165) is 19.3 Å². The van der Waals surface area contributed by atoms with Crippen LogP contribution in [0.4, 0.5) is 0 Å². The first-order valence-corrected chi connectivity index (χ1v) is 11.0. The molecule has 7 heteroatoms. The summed E-state index contributed by atoms with van der Waals surface area (Å²) in [6.07, 6.45) is 0.881. The number of aliphatic hydroxyl groups excluding tert-OH is 1. The number of hydrogen-bond donors (Lipinski definition) is 1. The number of aliphatic hydroxyl groups is 1. The van der Waals surface area contributed by atoms with Gasteiger partial charge in [-0.2, -0.15) is 0 Å². The van der Waals surface area contributed by atoms with Crippen LogP contribution in [0, 0.1) is 11.8 Å². The Hall–Kier alpha value is -1.44. The predicted molar refractivity (Wildman–Crippen MR) is 111 cm³/mol. The first-order chi connectivity index (χ1) is 14.0. The summed E-state index contributed by atoms with van der Waals surface area (Å²) in [5.74, 6) is -1.07. The van der Waals surface area contributed by atoms with E-state index in [0.29, 0.717) is 6.42 Å². The van der Waals surface area contributed by atoms with Crippen LogP contribution < -0.4 is 0 Å². The van der Waals surface area contributed by atoms with Gasteiger partial charge in [-0.25, -0.2) is 0 Å². The Bertz CT molecular complexity index is 641. The Morgan fingerprint density at radius 2 is 1.97 bits per heavy atom. The number of carbonyl (C=O) groups excluding carboxylic acids is 2. The topological polar surface area (TPSA) is 91.3 Å². The standard InChI is InChI=1S/C23H38O7/c1-8-14(3)21(26)29-19-18(25)15(4)27-22(20(19)28-16(5)24)30-23(6,7)17-11-9-13(2)10-12-17/h9,14-15,17-20,22,25H,8,10-12H2,1-7H3/t14-,15+,17?,18-,19-,20+,22-/m0/s1. The summed E-state index contributed by atoms with van der Waals surface area (Å²) in [5.41, 5.74) is 0.815. The molecule has 0 aromatic rings. The molecule has 1 heterocycles. The van der Waals surface area contributed by atoms with Crippen LogP contribution in [0.5, 0.6) is 0 Å². The number of allylic oxidation sites excluding steroid dienone is 2. The van der Waals surface area contributed by atoms with Gasteiger partial charge in [-0.05, 0) is 59.3 Å². The van der Waals surface area contributed by atoms with Gasteiger partial charge < -0.3 is 24.1 Å². The van der Waals surface area contributed by atoms with Crippen LogP contribution in [-0.2, 0) is 28.5 Å². The normalized spacial score (nSPS) is 33.4. The zero-order valence-corrected chi connectivity index (χ0v) is 19.3. The van der Waals surface area contributed by atoms with Crippen LogP contribution in [0.1, 0.15) is 74.1 Å². The summed E-state index contributed by atoms with van der Waals surface area (Å²) in [6.45, 7) is 12.7. The van der Waals surface area contributed by atoms with Crippen molar-refractivity contribution < 1.29 is 33.6 Å². The summed E-state index contributed by atoms with van der Waals surface area (Å²) >= 11 is 0. The van der Waals surface area contributed by atoms with Crippen molar-refractivity contribution in [2.24, 2.45) is 11.8 Å². The number of carbonyl (C=O) groups is 2. The largest absolute Gasteiger partial charge is 0.455 e. The molecular weight excluding hydrogens is 388 g/mol. The molecular formula is C23H38O7. The van der Waals surface area contributed by atoms with Gasteiger partial charge in [0.05, 0.1) is 17.6 Å². The fourth-order valence-corrected chi connectivity index (χ4v) is 3.94. The van der Waals surface area contributed by atoms with Crippen LogP contribution in [0.15, 0.2) is 11.6 Å². The highest BCUT2D eigenvalue weighted by Gasteiger charge is 2.51. The maximum Gasteiger partial charge on any atom is 0.309 e. The number of hydrogen-bond acceptors (Lipinski definition) is 7. The van der Waals surface area contributed by atoms with Crippen molar-refractivity contribution in [2.75, 3.05) is 0 Å². The molecule has 1 unspecified atom stereocenters. The maximum atomic E-state index is 12.4. The van der Waals surface area contributed by atoms with E-state index in [-0.39, 0.29) is 11.8 Å². The Labute approximate surface area is 180 Å². The van der Waals surface area contributed by atoms with Crippen LogP contribution >= 0.6 is 0 Å². The van der Waals surface area contributed by atoms with E-state index in [1.165, 1.54) is 12.5 Å². The molecule has 1 aliphatic carbocycles. The van der Waals surface area contributed by atoms with Crippen molar-refractivity contribution in [1.82, 2.24) is 0 Å². The predicted octanol–water partition coefficient (Wildman–Crippen LogP) is 3.52. The summed E-state index contributed by atoms with van der Waals surface area (Å²) in [4.78, 5) is 24.2. The first kappa shape index (κ1) is 24.8. The average molecular weight is 427 g/mol. The quantitative estimate of drug-likeness (QED) is 0.492. The highest BCUT2D eigenvalue weighted by atomic mass is 16.7. The van der Waals surface area contributed by atoms with E-state index in [1.54, 1.807) is 13.8 Å². The average Bonchev–Trinajstić information content (AvgIpc) is 2.67. The Balaban J connectivity index is 2.24. The highest BCUT2D eigenvalue weighted by molar-refractivity contribution is 5.72. The van der Waals surface area contributed by atoms with Crippen LogP contribution in [0.2, 0.25) is 0 Å². The number of esters is 2. The lowest BCUT2D eigenvalue weighted by Gasteiger charge is -2.46. The lowest BCUT2D eigenvalue weighted by molar-refractivity contribution is -0.326.